The molecule has 0 atom stereocenters. The maximum atomic E-state index is 12.6. The van der Waals surface area contributed by atoms with Crippen LogP contribution in [-0.4, -0.2) is 38.8 Å². The van der Waals surface area contributed by atoms with Crippen molar-refractivity contribution in [2.24, 2.45) is 7.05 Å². The first-order chi connectivity index (χ1) is 11.4. The van der Waals surface area contributed by atoms with Gasteiger partial charge in [0.15, 0.2) is 5.69 Å². The largest absolute Gasteiger partial charge is 0.385 e. The molecule has 0 radical (unpaired) electrons. The first-order valence-electron chi connectivity index (χ1n) is 8.24. The molecular formula is C18H22ClN3O2. The zero-order valence-corrected chi connectivity index (χ0v) is 14.8. The number of piperidine rings is 1. The minimum atomic E-state index is -0.978. The third-order valence-electron chi connectivity index (χ3n) is 4.81. The van der Waals surface area contributed by atoms with E-state index in [0.29, 0.717) is 36.6 Å². The molecule has 1 aromatic carbocycles. The number of hydrogen-bond donors (Lipinski definition) is 1. The summed E-state index contributed by atoms with van der Waals surface area (Å²) in [6, 6.07) is 9.20. The van der Waals surface area contributed by atoms with Crippen molar-refractivity contribution in [2.45, 2.75) is 31.8 Å². The molecule has 1 aliphatic heterocycles. The lowest BCUT2D eigenvalue weighted by Gasteiger charge is -2.38. The molecule has 0 spiro atoms. The first-order valence-corrected chi connectivity index (χ1v) is 8.62. The normalized spacial score (nSPS) is 17.1. The van der Waals surface area contributed by atoms with E-state index in [2.05, 4.69) is 5.10 Å². The number of halogens is 1. The molecular weight excluding hydrogens is 326 g/mol. The Morgan fingerprint density at radius 3 is 2.58 bits per heavy atom. The Kier molecular flexibility index (Phi) is 4.65. The molecule has 0 aliphatic carbocycles. The summed E-state index contributed by atoms with van der Waals surface area (Å²) in [6.07, 6.45) is 1.77. The summed E-state index contributed by atoms with van der Waals surface area (Å²) in [7, 11) is 1.85. The first kappa shape index (κ1) is 17.0. The van der Waals surface area contributed by atoms with Gasteiger partial charge in [0.2, 0.25) is 0 Å². The number of amides is 1. The van der Waals surface area contributed by atoms with E-state index in [-0.39, 0.29) is 5.91 Å². The van der Waals surface area contributed by atoms with Gasteiger partial charge < -0.3 is 10.0 Å². The van der Waals surface area contributed by atoms with Gasteiger partial charge in [0.05, 0.1) is 5.60 Å². The predicted octanol–water partition coefficient (Wildman–Crippen LogP) is 2.76. The van der Waals surface area contributed by atoms with Crippen LogP contribution in [0.25, 0.3) is 0 Å². The number of hydrogen-bond acceptors (Lipinski definition) is 3. The number of nitrogens with zero attached hydrogens (tertiary/aromatic N) is 3. The van der Waals surface area contributed by atoms with E-state index >= 15 is 0 Å². The van der Waals surface area contributed by atoms with Crippen LogP contribution in [0.5, 0.6) is 0 Å². The van der Waals surface area contributed by atoms with Gasteiger partial charge in [-0.1, -0.05) is 36.7 Å². The van der Waals surface area contributed by atoms with Crippen LogP contribution in [0.15, 0.2) is 30.3 Å². The molecule has 3 rings (SSSR count). The fourth-order valence-electron chi connectivity index (χ4n) is 3.29. The quantitative estimate of drug-likeness (QED) is 0.928. The van der Waals surface area contributed by atoms with Crippen molar-refractivity contribution in [3.8, 4) is 0 Å². The van der Waals surface area contributed by atoms with Crippen LogP contribution in [0, 0.1) is 0 Å². The second-order valence-electron chi connectivity index (χ2n) is 6.30. The fourth-order valence-corrected chi connectivity index (χ4v) is 3.60. The standard InChI is InChI=1S/C18H22ClN3O2/c1-3-13-12-16(20-21(13)2)17(23)22-10-8-18(24,9-11-22)14-6-4-5-7-15(14)19/h4-7,12,24H,3,8-11H2,1-2H3. The van der Waals surface area contributed by atoms with Crippen LogP contribution < -0.4 is 0 Å². The lowest BCUT2D eigenvalue weighted by atomic mass is 9.84. The minimum Gasteiger partial charge on any atom is -0.385 e. The van der Waals surface area contributed by atoms with Crippen molar-refractivity contribution in [1.82, 2.24) is 14.7 Å². The average molecular weight is 348 g/mol. The number of aromatic nitrogens is 2. The van der Waals surface area contributed by atoms with Crippen LogP contribution in [0.3, 0.4) is 0 Å². The van der Waals surface area contributed by atoms with E-state index < -0.39 is 5.60 Å². The zero-order valence-electron chi connectivity index (χ0n) is 14.0. The molecule has 24 heavy (non-hydrogen) atoms. The Balaban J connectivity index is 1.72. The molecule has 128 valence electrons. The molecule has 2 aromatic rings. The van der Waals surface area contributed by atoms with Gasteiger partial charge in [-0.05, 0) is 31.4 Å². The SMILES string of the molecule is CCc1cc(C(=O)N2CCC(O)(c3ccccc3Cl)CC2)nn1C. The van der Waals surface area contributed by atoms with Crippen LogP contribution in [-0.2, 0) is 19.1 Å². The van der Waals surface area contributed by atoms with E-state index in [4.69, 9.17) is 11.6 Å². The highest BCUT2D eigenvalue weighted by Gasteiger charge is 2.37. The summed E-state index contributed by atoms with van der Waals surface area (Å²) in [4.78, 5) is 14.4. The molecule has 1 saturated heterocycles. The molecule has 0 saturated carbocycles. The Morgan fingerprint density at radius 1 is 1.33 bits per heavy atom. The predicted molar refractivity (Wildman–Crippen MR) is 93.1 cm³/mol. The van der Waals surface area contributed by atoms with Gasteiger partial charge in [0.25, 0.3) is 5.91 Å². The van der Waals surface area contributed by atoms with E-state index in [1.165, 1.54) is 0 Å². The second-order valence-corrected chi connectivity index (χ2v) is 6.71. The number of aliphatic hydroxyl groups is 1. The Morgan fingerprint density at radius 2 is 2.00 bits per heavy atom. The summed E-state index contributed by atoms with van der Waals surface area (Å²) in [6.45, 7) is 3.01. The second kappa shape index (κ2) is 6.57. The van der Waals surface area contributed by atoms with Crippen LogP contribution in [0.2, 0.25) is 5.02 Å². The Labute approximate surface area is 146 Å². The highest BCUT2D eigenvalue weighted by Crippen LogP contribution is 2.36. The fraction of sp³-hybridized carbons (Fsp3) is 0.444. The molecule has 0 unspecified atom stereocenters. The molecule has 1 N–H and O–H groups in total. The lowest BCUT2D eigenvalue weighted by Crippen LogP contribution is -2.45. The monoisotopic (exact) mass is 347 g/mol. The Hall–Kier alpha value is -1.85. The zero-order chi connectivity index (χ0) is 17.3. The smallest absolute Gasteiger partial charge is 0.274 e. The minimum absolute atomic E-state index is 0.0773. The highest BCUT2D eigenvalue weighted by molar-refractivity contribution is 6.31. The van der Waals surface area contributed by atoms with Gasteiger partial charge in [0.1, 0.15) is 0 Å². The van der Waals surface area contributed by atoms with Crippen molar-refractivity contribution in [3.05, 3.63) is 52.3 Å². The molecule has 1 fully saturated rings. The van der Waals surface area contributed by atoms with Crippen LogP contribution in [0.1, 0.15) is 41.5 Å². The van der Waals surface area contributed by atoms with E-state index in [9.17, 15) is 9.90 Å². The average Bonchev–Trinajstić information content (AvgIpc) is 2.96. The molecule has 2 heterocycles. The molecule has 1 aliphatic rings. The molecule has 1 aromatic heterocycles. The summed E-state index contributed by atoms with van der Waals surface area (Å²) < 4.78 is 1.75. The van der Waals surface area contributed by atoms with Crippen molar-refractivity contribution < 1.29 is 9.90 Å². The molecule has 5 nitrogen and oxygen atoms in total. The number of aryl methyl sites for hydroxylation is 2. The van der Waals surface area contributed by atoms with Crippen molar-refractivity contribution >= 4 is 17.5 Å². The molecule has 0 bridgehead atoms. The van der Waals surface area contributed by atoms with Crippen molar-refractivity contribution in [2.75, 3.05) is 13.1 Å². The summed E-state index contributed by atoms with van der Waals surface area (Å²) >= 11 is 6.22. The number of rotatable bonds is 3. The topological polar surface area (TPSA) is 58.4 Å². The van der Waals surface area contributed by atoms with Gasteiger partial charge in [-0.25, -0.2) is 0 Å². The van der Waals surface area contributed by atoms with Gasteiger partial charge in [-0.2, -0.15) is 5.10 Å². The van der Waals surface area contributed by atoms with Crippen molar-refractivity contribution in [1.29, 1.82) is 0 Å². The van der Waals surface area contributed by atoms with Gasteiger partial charge in [0, 0.05) is 36.4 Å². The number of carbonyl (C=O) groups excluding carboxylic acids is 1. The number of carbonyl (C=O) groups is 1. The Bertz CT molecular complexity index is 748. The summed E-state index contributed by atoms with van der Waals surface area (Å²) in [5, 5.41) is 15.8. The van der Waals surface area contributed by atoms with E-state index in [1.807, 2.05) is 38.2 Å². The van der Waals surface area contributed by atoms with Crippen LogP contribution >= 0.6 is 11.6 Å². The number of benzene rings is 1. The summed E-state index contributed by atoms with van der Waals surface area (Å²) in [5.41, 5.74) is 1.26. The third kappa shape index (κ3) is 3.06. The van der Waals surface area contributed by atoms with E-state index in [1.54, 1.807) is 15.6 Å². The highest BCUT2D eigenvalue weighted by atomic mass is 35.5. The van der Waals surface area contributed by atoms with Gasteiger partial charge >= 0.3 is 0 Å². The maximum absolute atomic E-state index is 12.6. The van der Waals surface area contributed by atoms with Crippen LogP contribution in [0.4, 0.5) is 0 Å². The van der Waals surface area contributed by atoms with Gasteiger partial charge in [-0.15, -0.1) is 0 Å². The maximum Gasteiger partial charge on any atom is 0.274 e. The van der Waals surface area contributed by atoms with E-state index in [0.717, 1.165) is 17.7 Å². The summed E-state index contributed by atoms with van der Waals surface area (Å²) in [5.74, 6) is -0.0773. The van der Waals surface area contributed by atoms with Gasteiger partial charge in [-0.3, -0.25) is 9.48 Å². The third-order valence-corrected chi connectivity index (χ3v) is 5.14. The molecule has 6 heteroatoms. The number of likely N-dealkylation sites (tertiary alicyclic amines) is 1. The van der Waals surface area contributed by atoms with Crippen molar-refractivity contribution in [3.63, 3.8) is 0 Å². The molecule has 1 amide bonds. The lowest BCUT2D eigenvalue weighted by molar-refractivity contribution is -0.0212.